The van der Waals surface area contributed by atoms with E-state index in [1.807, 2.05) is 28.8 Å². The average Bonchev–Trinajstić information content (AvgIpc) is 3.25. The van der Waals surface area contributed by atoms with Gasteiger partial charge in [0.2, 0.25) is 0 Å². The van der Waals surface area contributed by atoms with Crippen LogP contribution in [0.3, 0.4) is 0 Å². The second kappa shape index (κ2) is 9.08. The van der Waals surface area contributed by atoms with E-state index in [-0.39, 0.29) is 12.1 Å². The molecule has 3 aromatic rings. The molecule has 3 N–H and O–H groups in total. The van der Waals surface area contributed by atoms with Crippen molar-refractivity contribution in [1.29, 1.82) is 0 Å². The lowest BCUT2D eigenvalue weighted by molar-refractivity contribution is 0.0303. The van der Waals surface area contributed by atoms with Gasteiger partial charge in [-0.25, -0.2) is 4.98 Å². The van der Waals surface area contributed by atoms with Crippen LogP contribution in [0.25, 0.3) is 16.9 Å². The van der Waals surface area contributed by atoms with E-state index < -0.39 is 0 Å². The lowest BCUT2D eigenvalue weighted by Gasteiger charge is -2.27. The van der Waals surface area contributed by atoms with Crippen LogP contribution >= 0.6 is 11.6 Å². The predicted octanol–water partition coefficient (Wildman–Crippen LogP) is 2.20. The standard InChI is InChI=1S/C24H21ClN6O2/c25-20-12-17(2-4-19(20)24(32)30-7-9-33-10-8-30)21-15-31-18(13-29-23(31)14-28-21)3-1-16-5-6-27-22(26)11-16/h2,4-6,11-15,22,27H,7-10,26H2. The molecule has 1 fully saturated rings. The monoisotopic (exact) mass is 460 g/mol. The Labute approximate surface area is 195 Å². The minimum absolute atomic E-state index is 0.0913. The smallest absolute Gasteiger partial charge is 0.255 e. The van der Waals surface area contributed by atoms with Crippen LogP contribution in [0.5, 0.6) is 0 Å². The number of amides is 1. The van der Waals surface area contributed by atoms with Crippen LogP contribution in [0.15, 0.2) is 60.7 Å². The van der Waals surface area contributed by atoms with E-state index in [9.17, 15) is 4.79 Å². The third-order valence-corrected chi connectivity index (χ3v) is 5.75. The first kappa shape index (κ1) is 21.2. The van der Waals surface area contributed by atoms with E-state index >= 15 is 0 Å². The van der Waals surface area contributed by atoms with Gasteiger partial charge < -0.3 is 20.7 Å². The SMILES string of the molecule is NC1C=C(C#Cc2cnc3cnc(-c4ccc(C(=O)N5CCOCC5)c(Cl)c4)cn23)C=CN1. The molecule has 0 bridgehead atoms. The second-order valence-corrected chi connectivity index (χ2v) is 8.05. The maximum absolute atomic E-state index is 12.8. The van der Waals surface area contributed by atoms with Crippen molar-refractivity contribution in [3.05, 3.63) is 77.0 Å². The van der Waals surface area contributed by atoms with E-state index in [2.05, 4.69) is 27.1 Å². The third kappa shape index (κ3) is 4.47. The van der Waals surface area contributed by atoms with Gasteiger partial charge in [0, 0.05) is 30.4 Å². The molecule has 1 amide bonds. The van der Waals surface area contributed by atoms with Crippen molar-refractivity contribution in [1.82, 2.24) is 24.6 Å². The van der Waals surface area contributed by atoms with Crippen molar-refractivity contribution < 1.29 is 9.53 Å². The van der Waals surface area contributed by atoms with Crippen LogP contribution in [0.2, 0.25) is 5.02 Å². The van der Waals surface area contributed by atoms with Gasteiger partial charge in [0.1, 0.15) is 5.69 Å². The summed E-state index contributed by atoms with van der Waals surface area (Å²) in [5, 5.41) is 3.37. The van der Waals surface area contributed by atoms with Crippen molar-refractivity contribution in [2.75, 3.05) is 26.3 Å². The number of halogens is 1. The minimum atomic E-state index is -0.250. The number of carbonyl (C=O) groups is 1. The van der Waals surface area contributed by atoms with Crippen molar-refractivity contribution in [2.24, 2.45) is 5.73 Å². The average molecular weight is 461 g/mol. The van der Waals surface area contributed by atoms with Gasteiger partial charge in [-0.15, -0.1) is 0 Å². The number of fused-ring (bicyclic) bond motifs is 1. The van der Waals surface area contributed by atoms with E-state index in [0.29, 0.717) is 48.2 Å². The Morgan fingerprint density at radius 2 is 2.06 bits per heavy atom. The molecular formula is C24H21ClN6O2. The Kier molecular flexibility index (Phi) is 5.84. The van der Waals surface area contributed by atoms with Crippen LogP contribution in [0.1, 0.15) is 16.1 Å². The zero-order valence-electron chi connectivity index (χ0n) is 17.7. The molecule has 0 saturated carbocycles. The molecule has 8 nitrogen and oxygen atoms in total. The Hall–Kier alpha value is -3.64. The van der Waals surface area contributed by atoms with Gasteiger partial charge in [-0.1, -0.05) is 23.6 Å². The van der Waals surface area contributed by atoms with Crippen molar-refractivity contribution in [3.63, 3.8) is 0 Å². The van der Waals surface area contributed by atoms with Crippen LogP contribution < -0.4 is 11.1 Å². The van der Waals surface area contributed by atoms with E-state index in [0.717, 1.165) is 16.8 Å². The predicted molar refractivity (Wildman–Crippen MR) is 125 cm³/mol. The van der Waals surface area contributed by atoms with Gasteiger partial charge in [-0.2, -0.15) is 0 Å². The molecule has 2 aromatic heterocycles. The lowest BCUT2D eigenvalue weighted by Crippen LogP contribution is -2.40. The van der Waals surface area contributed by atoms with Gasteiger partial charge in [0.15, 0.2) is 5.65 Å². The molecule has 0 spiro atoms. The van der Waals surface area contributed by atoms with Crippen LogP contribution in [-0.2, 0) is 4.74 Å². The van der Waals surface area contributed by atoms with Crippen molar-refractivity contribution in [3.8, 4) is 23.1 Å². The molecule has 166 valence electrons. The zero-order valence-corrected chi connectivity index (χ0v) is 18.4. The van der Waals surface area contributed by atoms with Gasteiger partial charge >= 0.3 is 0 Å². The lowest BCUT2D eigenvalue weighted by atomic mass is 10.1. The zero-order chi connectivity index (χ0) is 22.8. The van der Waals surface area contributed by atoms with Gasteiger partial charge in [-0.3, -0.25) is 14.2 Å². The molecule has 0 aliphatic carbocycles. The Bertz CT molecular complexity index is 1340. The number of nitrogens with zero attached hydrogens (tertiary/aromatic N) is 4. The number of carbonyl (C=O) groups excluding carboxylic acids is 1. The fourth-order valence-electron chi connectivity index (χ4n) is 3.68. The van der Waals surface area contributed by atoms with Crippen LogP contribution in [0.4, 0.5) is 0 Å². The highest BCUT2D eigenvalue weighted by Gasteiger charge is 2.21. The van der Waals surface area contributed by atoms with Gasteiger partial charge in [-0.05, 0) is 36.4 Å². The summed E-state index contributed by atoms with van der Waals surface area (Å²) in [6, 6.07) is 5.36. The first-order valence-electron chi connectivity index (χ1n) is 10.5. The maximum Gasteiger partial charge on any atom is 0.255 e. The number of rotatable bonds is 2. The molecule has 1 atom stereocenters. The number of nitrogens with one attached hydrogen (secondary N) is 1. The molecule has 2 aliphatic heterocycles. The number of morpholine rings is 1. The molecule has 1 saturated heterocycles. The molecule has 5 rings (SSSR count). The number of dihydropyridines is 1. The van der Waals surface area contributed by atoms with E-state index in [1.54, 1.807) is 35.6 Å². The summed E-state index contributed by atoms with van der Waals surface area (Å²) in [5.74, 6) is 6.17. The van der Waals surface area contributed by atoms with E-state index in [1.165, 1.54) is 0 Å². The molecule has 1 aromatic carbocycles. The van der Waals surface area contributed by atoms with Gasteiger partial charge in [0.25, 0.3) is 5.91 Å². The highest BCUT2D eigenvalue weighted by molar-refractivity contribution is 6.34. The summed E-state index contributed by atoms with van der Waals surface area (Å²) in [6.07, 6.45) is 10.5. The van der Waals surface area contributed by atoms with Crippen LogP contribution in [-0.4, -0.2) is 57.6 Å². The fourth-order valence-corrected chi connectivity index (χ4v) is 3.94. The second-order valence-electron chi connectivity index (χ2n) is 7.64. The Morgan fingerprint density at radius 1 is 1.21 bits per heavy atom. The Balaban J connectivity index is 1.43. The van der Waals surface area contributed by atoms with Gasteiger partial charge in [0.05, 0.1) is 48.1 Å². The number of imidazole rings is 1. The number of aromatic nitrogens is 3. The van der Waals surface area contributed by atoms with E-state index in [4.69, 9.17) is 22.1 Å². The first-order valence-corrected chi connectivity index (χ1v) is 10.9. The first-order chi connectivity index (χ1) is 16.1. The summed E-state index contributed by atoms with van der Waals surface area (Å²) in [4.78, 5) is 23.4. The third-order valence-electron chi connectivity index (χ3n) is 5.44. The molecule has 4 heterocycles. The highest BCUT2D eigenvalue weighted by atomic mass is 35.5. The summed E-state index contributed by atoms with van der Waals surface area (Å²) in [6.45, 7) is 2.21. The number of allylic oxidation sites excluding steroid dienone is 2. The fraction of sp³-hybridized carbons (Fsp3) is 0.208. The molecule has 1 unspecified atom stereocenters. The Morgan fingerprint density at radius 3 is 2.85 bits per heavy atom. The molecular weight excluding hydrogens is 440 g/mol. The summed E-state index contributed by atoms with van der Waals surface area (Å²) in [7, 11) is 0. The molecule has 33 heavy (non-hydrogen) atoms. The summed E-state index contributed by atoms with van der Waals surface area (Å²) >= 11 is 6.49. The summed E-state index contributed by atoms with van der Waals surface area (Å²) in [5.41, 5.74) is 10.1. The number of nitrogens with two attached hydrogens (primary N) is 1. The van der Waals surface area contributed by atoms with Crippen molar-refractivity contribution >= 4 is 23.2 Å². The molecule has 0 radical (unpaired) electrons. The number of benzene rings is 1. The quantitative estimate of drug-likeness (QED) is 0.569. The molecule has 2 aliphatic rings. The highest BCUT2D eigenvalue weighted by Crippen LogP contribution is 2.26. The number of hydrogen-bond acceptors (Lipinski definition) is 6. The minimum Gasteiger partial charge on any atom is -0.378 e. The largest absolute Gasteiger partial charge is 0.378 e. The molecule has 9 heteroatoms. The topological polar surface area (TPSA) is 97.8 Å². The van der Waals surface area contributed by atoms with Crippen LogP contribution in [0, 0.1) is 11.8 Å². The summed E-state index contributed by atoms with van der Waals surface area (Å²) < 4.78 is 7.20. The van der Waals surface area contributed by atoms with Crippen molar-refractivity contribution in [2.45, 2.75) is 6.17 Å². The normalized spacial score (nSPS) is 17.8. The maximum atomic E-state index is 12.8. The number of ether oxygens (including phenoxy) is 1. The number of hydrogen-bond donors (Lipinski definition) is 2.